The van der Waals surface area contributed by atoms with E-state index >= 15 is 0 Å². The van der Waals surface area contributed by atoms with Crippen molar-refractivity contribution < 1.29 is 13.9 Å². The lowest BCUT2D eigenvalue weighted by molar-refractivity contribution is -0.134. The molecule has 3 rings (SSSR count). The third kappa shape index (κ3) is 4.80. The first-order valence-electron chi connectivity index (χ1n) is 9.47. The van der Waals surface area contributed by atoms with E-state index in [1.165, 1.54) is 11.6 Å². The Morgan fingerprint density at radius 2 is 1.82 bits per heavy atom. The van der Waals surface area contributed by atoms with Crippen molar-refractivity contribution in [1.29, 1.82) is 0 Å². The summed E-state index contributed by atoms with van der Waals surface area (Å²) in [6.45, 7) is 7.11. The summed E-state index contributed by atoms with van der Waals surface area (Å²) in [4.78, 5) is 26.0. The molecule has 0 radical (unpaired) electrons. The van der Waals surface area contributed by atoms with Crippen molar-refractivity contribution in [1.82, 2.24) is 4.90 Å². The van der Waals surface area contributed by atoms with Crippen LogP contribution in [0, 0.1) is 13.8 Å². The summed E-state index contributed by atoms with van der Waals surface area (Å²) in [5, 5.41) is 0.852. The van der Waals surface area contributed by atoms with Crippen molar-refractivity contribution in [3.63, 3.8) is 0 Å². The molecular formula is C23H25NO4. The van der Waals surface area contributed by atoms with Gasteiger partial charge in [0.2, 0.25) is 0 Å². The van der Waals surface area contributed by atoms with Crippen molar-refractivity contribution >= 4 is 16.9 Å². The van der Waals surface area contributed by atoms with Gasteiger partial charge in [0.15, 0.2) is 6.61 Å². The third-order valence-electron chi connectivity index (χ3n) is 4.63. The highest BCUT2D eigenvalue weighted by Crippen LogP contribution is 2.22. The first-order chi connectivity index (χ1) is 13.5. The Labute approximate surface area is 164 Å². The van der Waals surface area contributed by atoms with Crippen LogP contribution >= 0.6 is 0 Å². The van der Waals surface area contributed by atoms with Crippen molar-refractivity contribution in [3.8, 4) is 5.75 Å². The molecule has 1 heterocycles. The van der Waals surface area contributed by atoms with E-state index in [4.69, 9.17) is 9.15 Å². The second-order valence-electron chi connectivity index (χ2n) is 7.00. The van der Waals surface area contributed by atoms with E-state index in [1.54, 1.807) is 17.0 Å². The topological polar surface area (TPSA) is 59.8 Å². The Hall–Kier alpha value is -3.08. The highest BCUT2D eigenvalue weighted by molar-refractivity contribution is 5.81. The van der Waals surface area contributed by atoms with Crippen LogP contribution in [0.15, 0.2) is 57.7 Å². The average Bonchev–Trinajstić information content (AvgIpc) is 2.67. The van der Waals surface area contributed by atoms with E-state index in [-0.39, 0.29) is 12.5 Å². The standard InChI is InChI=1S/C23H25NO4/c1-4-11-24(14-18-7-5-16(2)6-8-18)22(25)15-27-19-9-10-20-17(3)12-23(26)28-21(20)13-19/h5-10,12-13H,4,11,14-15H2,1-3H3. The van der Waals surface area contributed by atoms with Gasteiger partial charge in [0, 0.05) is 30.6 Å². The van der Waals surface area contributed by atoms with E-state index < -0.39 is 5.63 Å². The second kappa shape index (κ2) is 8.74. The molecule has 0 spiro atoms. The minimum absolute atomic E-state index is 0.0621. The molecule has 146 valence electrons. The monoisotopic (exact) mass is 379 g/mol. The summed E-state index contributed by atoms with van der Waals surface area (Å²) < 4.78 is 10.9. The number of aryl methyl sites for hydroxylation is 2. The van der Waals surface area contributed by atoms with Gasteiger partial charge >= 0.3 is 5.63 Å². The SMILES string of the molecule is CCCN(Cc1ccc(C)cc1)C(=O)COc1ccc2c(C)cc(=O)oc2c1. The fourth-order valence-corrected chi connectivity index (χ4v) is 3.11. The number of fused-ring (bicyclic) bond motifs is 1. The van der Waals surface area contributed by atoms with E-state index in [1.807, 2.05) is 51.1 Å². The number of benzene rings is 2. The first-order valence-corrected chi connectivity index (χ1v) is 9.47. The van der Waals surface area contributed by atoms with Crippen LogP contribution in [-0.2, 0) is 11.3 Å². The largest absolute Gasteiger partial charge is 0.484 e. The van der Waals surface area contributed by atoms with Crippen molar-refractivity contribution in [3.05, 3.63) is 75.6 Å². The summed E-state index contributed by atoms with van der Waals surface area (Å²) in [5.74, 6) is 0.426. The molecule has 3 aromatic rings. The van der Waals surface area contributed by atoms with Crippen LogP contribution in [0.25, 0.3) is 11.0 Å². The molecule has 0 bridgehead atoms. The zero-order valence-electron chi connectivity index (χ0n) is 16.5. The molecule has 5 heteroatoms. The van der Waals surface area contributed by atoms with Crippen LogP contribution in [0.3, 0.4) is 0 Å². The van der Waals surface area contributed by atoms with Gasteiger partial charge in [-0.1, -0.05) is 36.8 Å². The molecule has 2 aromatic carbocycles. The van der Waals surface area contributed by atoms with Gasteiger partial charge in [-0.05, 0) is 43.5 Å². The normalized spacial score (nSPS) is 10.8. The Morgan fingerprint density at radius 1 is 1.07 bits per heavy atom. The lowest BCUT2D eigenvalue weighted by Crippen LogP contribution is -2.35. The fraction of sp³-hybridized carbons (Fsp3) is 0.304. The fourth-order valence-electron chi connectivity index (χ4n) is 3.11. The number of amides is 1. The minimum Gasteiger partial charge on any atom is -0.484 e. The molecule has 28 heavy (non-hydrogen) atoms. The molecule has 0 saturated heterocycles. The number of hydrogen-bond acceptors (Lipinski definition) is 4. The van der Waals surface area contributed by atoms with Gasteiger partial charge in [-0.2, -0.15) is 0 Å². The number of carbonyl (C=O) groups excluding carboxylic acids is 1. The number of hydrogen-bond donors (Lipinski definition) is 0. The molecule has 0 aliphatic rings. The number of nitrogens with zero attached hydrogens (tertiary/aromatic N) is 1. The number of carbonyl (C=O) groups is 1. The number of ether oxygens (including phenoxy) is 1. The first kappa shape index (κ1) is 19.7. The van der Waals surface area contributed by atoms with Gasteiger partial charge in [-0.25, -0.2) is 4.79 Å². The maximum absolute atomic E-state index is 12.7. The maximum atomic E-state index is 12.7. The predicted molar refractivity (Wildman–Crippen MR) is 110 cm³/mol. The van der Waals surface area contributed by atoms with Crippen LogP contribution in [0.2, 0.25) is 0 Å². The smallest absolute Gasteiger partial charge is 0.336 e. The molecule has 0 aliphatic heterocycles. The Kier molecular flexibility index (Phi) is 6.14. The van der Waals surface area contributed by atoms with Crippen molar-refractivity contribution in [2.24, 2.45) is 0 Å². The lowest BCUT2D eigenvalue weighted by atomic mass is 10.1. The Morgan fingerprint density at radius 3 is 2.54 bits per heavy atom. The molecule has 0 aliphatic carbocycles. The van der Waals surface area contributed by atoms with Crippen molar-refractivity contribution in [2.45, 2.75) is 33.7 Å². The third-order valence-corrected chi connectivity index (χ3v) is 4.63. The zero-order chi connectivity index (χ0) is 20.1. The van der Waals surface area contributed by atoms with Crippen LogP contribution in [-0.4, -0.2) is 24.0 Å². The molecule has 1 amide bonds. The van der Waals surface area contributed by atoms with Gasteiger partial charge in [-0.15, -0.1) is 0 Å². The van der Waals surface area contributed by atoms with Crippen LogP contribution < -0.4 is 10.4 Å². The molecule has 0 saturated carbocycles. The van der Waals surface area contributed by atoms with Crippen LogP contribution in [0.5, 0.6) is 5.75 Å². The molecule has 0 unspecified atom stereocenters. The molecule has 1 aromatic heterocycles. The Bertz CT molecular complexity index is 1020. The minimum atomic E-state index is -0.398. The molecule has 0 atom stereocenters. The predicted octanol–water partition coefficient (Wildman–Crippen LogP) is 4.23. The molecule has 0 N–H and O–H groups in total. The van der Waals surface area contributed by atoms with Gasteiger partial charge in [0.05, 0.1) is 0 Å². The Balaban J connectivity index is 1.69. The van der Waals surface area contributed by atoms with E-state index in [0.717, 1.165) is 22.9 Å². The van der Waals surface area contributed by atoms with E-state index in [0.29, 0.717) is 24.4 Å². The van der Waals surface area contributed by atoms with Crippen LogP contribution in [0.4, 0.5) is 0 Å². The summed E-state index contributed by atoms with van der Waals surface area (Å²) in [7, 11) is 0. The summed E-state index contributed by atoms with van der Waals surface area (Å²) in [6.07, 6.45) is 0.873. The van der Waals surface area contributed by atoms with E-state index in [9.17, 15) is 9.59 Å². The zero-order valence-corrected chi connectivity index (χ0v) is 16.5. The highest BCUT2D eigenvalue weighted by Gasteiger charge is 2.14. The van der Waals surface area contributed by atoms with Gasteiger partial charge < -0.3 is 14.1 Å². The van der Waals surface area contributed by atoms with Crippen molar-refractivity contribution in [2.75, 3.05) is 13.2 Å². The summed E-state index contributed by atoms with van der Waals surface area (Å²) in [5.41, 5.74) is 3.19. The summed E-state index contributed by atoms with van der Waals surface area (Å²) in [6, 6.07) is 14.9. The molecule has 0 fully saturated rings. The maximum Gasteiger partial charge on any atom is 0.336 e. The lowest BCUT2D eigenvalue weighted by Gasteiger charge is -2.22. The van der Waals surface area contributed by atoms with E-state index in [2.05, 4.69) is 0 Å². The average molecular weight is 379 g/mol. The van der Waals surface area contributed by atoms with Crippen LogP contribution in [0.1, 0.15) is 30.0 Å². The van der Waals surface area contributed by atoms with Gasteiger partial charge in [-0.3, -0.25) is 4.79 Å². The highest BCUT2D eigenvalue weighted by atomic mass is 16.5. The molecular weight excluding hydrogens is 354 g/mol. The van der Waals surface area contributed by atoms with Gasteiger partial charge in [0.25, 0.3) is 5.91 Å². The van der Waals surface area contributed by atoms with Gasteiger partial charge in [0.1, 0.15) is 11.3 Å². The molecule has 5 nitrogen and oxygen atoms in total. The summed E-state index contributed by atoms with van der Waals surface area (Å²) >= 11 is 0. The number of rotatable bonds is 7. The quantitative estimate of drug-likeness (QED) is 0.577. The second-order valence-corrected chi connectivity index (χ2v) is 7.00.